The van der Waals surface area contributed by atoms with Crippen molar-refractivity contribution in [3.05, 3.63) is 5.01 Å². The van der Waals surface area contributed by atoms with Crippen molar-refractivity contribution < 1.29 is 4.79 Å². The molecule has 0 radical (unpaired) electrons. The Labute approximate surface area is 106 Å². The number of rotatable bonds is 7. The van der Waals surface area contributed by atoms with Crippen LogP contribution in [0.25, 0.3) is 0 Å². The van der Waals surface area contributed by atoms with Crippen molar-refractivity contribution in [2.24, 2.45) is 0 Å². The number of anilines is 1. The Morgan fingerprint density at radius 1 is 1.29 bits per heavy atom. The van der Waals surface area contributed by atoms with Gasteiger partial charge in [0, 0.05) is 0 Å². The molecular weight excluding hydrogens is 236 g/mol. The van der Waals surface area contributed by atoms with Crippen LogP contribution in [0.4, 0.5) is 5.13 Å². The van der Waals surface area contributed by atoms with Crippen LogP contribution >= 0.6 is 11.3 Å². The van der Waals surface area contributed by atoms with Crippen molar-refractivity contribution in [2.45, 2.75) is 33.6 Å². The summed E-state index contributed by atoms with van der Waals surface area (Å²) in [7, 11) is 0. The molecule has 6 heteroatoms. The topological polar surface area (TPSA) is 58.1 Å². The largest absolute Gasteiger partial charge is 0.299 e. The molecule has 0 spiro atoms. The quantitative estimate of drug-likeness (QED) is 0.809. The minimum Gasteiger partial charge on any atom is -0.299 e. The summed E-state index contributed by atoms with van der Waals surface area (Å²) in [5, 5.41) is 12.0. The Balaban J connectivity index is 2.41. The fraction of sp³-hybridized carbons (Fsp3) is 0.727. The molecule has 1 aromatic heterocycles. The highest BCUT2D eigenvalue weighted by Crippen LogP contribution is 2.13. The first-order valence-corrected chi connectivity index (χ1v) is 6.79. The normalized spacial score (nSPS) is 10.8. The van der Waals surface area contributed by atoms with Gasteiger partial charge in [-0.15, -0.1) is 10.2 Å². The third-order valence-corrected chi connectivity index (χ3v) is 2.97. The van der Waals surface area contributed by atoms with E-state index in [1.54, 1.807) is 0 Å². The lowest BCUT2D eigenvalue weighted by molar-refractivity contribution is -0.117. The highest BCUT2D eigenvalue weighted by molar-refractivity contribution is 7.15. The molecule has 1 rings (SSSR count). The summed E-state index contributed by atoms with van der Waals surface area (Å²) < 4.78 is 0. The van der Waals surface area contributed by atoms with E-state index in [1.165, 1.54) is 11.3 Å². The van der Waals surface area contributed by atoms with Crippen LogP contribution in [0.15, 0.2) is 0 Å². The van der Waals surface area contributed by atoms with Crippen molar-refractivity contribution in [3.8, 4) is 0 Å². The first kappa shape index (κ1) is 14.1. The Hall–Kier alpha value is -1.01. The molecule has 0 bridgehead atoms. The van der Waals surface area contributed by atoms with Gasteiger partial charge in [0.25, 0.3) is 0 Å². The van der Waals surface area contributed by atoms with Crippen molar-refractivity contribution in [3.63, 3.8) is 0 Å². The first-order valence-electron chi connectivity index (χ1n) is 5.98. The molecule has 0 aliphatic carbocycles. The van der Waals surface area contributed by atoms with Gasteiger partial charge >= 0.3 is 0 Å². The fourth-order valence-corrected chi connectivity index (χ4v) is 2.22. The Morgan fingerprint density at radius 2 is 1.94 bits per heavy atom. The van der Waals surface area contributed by atoms with E-state index >= 15 is 0 Å². The molecule has 0 saturated heterocycles. The van der Waals surface area contributed by atoms with Gasteiger partial charge in [-0.3, -0.25) is 15.0 Å². The number of carbonyl (C=O) groups is 1. The predicted molar refractivity (Wildman–Crippen MR) is 70.3 cm³/mol. The number of nitrogens with zero attached hydrogens (tertiary/aromatic N) is 3. The van der Waals surface area contributed by atoms with Crippen LogP contribution in [0.2, 0.25) is 0 Å². The second kappa shape index (κ2) is 7.34. The lowest BCUT2D eigenvalue weighted by Crippen LogP contribution is -2.34. The van der Waals surface area contributed by atoms with Crippen LogP contribution in [-0.2, 0) is 4.79 Å². The number of aryl methyl sites for hydroxylation is 1. The number of amides is 1. The summed E-state index contributed by atoms with van der Waals surface area (Å²) in [5.41, 5.74) is 0. The van der Waals surface area contributed by atoms with Gasteiger partial charge in [-0.1, -0.05) is 25.2 Å². The molecule has 0 saturated carbocycles. The van der Waals surface area contributed by atoms with E-state index in [1.807, 2.05) is 6.92 Å². The van der Waals surface area contributed by atoms with Gasteiger partial charge in [0.05, 0.1) is 6.54 Å². The summed E-state index contributed by atoms with van der Waals surface area (Å²) in [5.74, 6) is -0.0111. The Bertz CT molecular complexity index is 347. The summed E-state index contributed by atoms with van der Waals surface area (Å²) in [4.78, 5) is 13.9. The van der Waals surface area contributed by atoms with Gasteiger partial charge in [0.2, 0.25) is 11.0 Å². The van der Waals surface area contributed by atoms with Crippen LogP contribution in [-0.4, -0.2) is 40.6 Å². The number of hydrogen-bond donors (Lipinski definition) is 1. The zero-order valence-corrected chi connectivity index (χ0v) is 11.5. The number of nitrogens with one attached hydrogen (secondary N) is 1. The standard InChI is InChI=1S/C11H20N4OS/c1-4-6-15(7-5-2)8-10(16)12-11-14-13-9(3)17-11/h4-8H2,1-3H3,(H,12,14,16). The van der Waals surface area contributed by atoms with Gasteiger partial charge < -0.3 is 0 Å². The molecule has 1 N–H and O–H groups in total. The average Bonchev–Trinajstić information content (AvgIpc) is 2.64. The summed E-state index contributed by atoms with van der Waals surface area (Å²) in [6.07, 6.45) is 2.12. The van der Waals surface area contributed by atoms with E-state index in [4.69, 9.17) is 0 Å². The zero-order valence-electron chi connectivity index (χ0n) is 10.7. The van der Waals surface area contributed by atoms with E-state index in [-0.39, 0.29) is 5.91 Å². The SMILES string of the molecule is CCCN(CCC)CC(=O)Nc1nnc(C)s1. The molecule has 1 amide bonds. The Kier molecular flexibility index (Phi) is 6.07. The summed E-state index contributed by atoms with van der Waals surface area (Å²) in [6.45, 7) is 8.45. The van der Waals surface area contributed by atoms with Crippen LogP contribution in [0, 0.1) is 6.92 Å². The van der Waals surface area contributed by atoms with Crippen LogP contribution in [0.3, 0.4) is 0 Å². The van der Waals surface area contributed by atoms with Crippen molar-refractivity contribution in [1.29, 1.82) is 0 Å². The van der Waals surface area contributed by atoms with Crippen molar-refractivity contribution in [1.82, 2.24) is 15.1 Å². The van der Waals surface area contributed by atoms with Gasteiger partial charge in [-0.25, -0.2) is 0 Å². The second-order valence-corrected chi connectivity index (χ2v) is 5.13. The van der Waals surface area contributed by atoms with Crippen LogP contribution in [0.1, 0.15) is 31.7 Å². The number of carbonyl (C=O) groups excluding carboxylic acids is 1. The molecule has 5 nitrogen and oxygen atoms in total. The van der Waals surface area contributed by atoms with Crippen molar-refractivity contribution >= 4 is 22.4 Å². The van der Waals surface area contributed by atoms with Crippen LogP contribution < -0.4 is 5.32 Å². The maximum atomic E-state index is 11.8. The number of hydrogen-bond acceptors (Lipinski definition) is 5. The van der Waals surface area contributed by atoms with E-state index in [9.17, 15) is 4.79 Å². The highest BCUT2D eigenvalue weighted by Gasteiger charge is 2.11. The van der Waals surface area contributed by atoms with Gasteiger partial charge in [0.1, 0.15) is 5.01 Å². The molecule has 17 heavy (non-hydrogen) atoms. The zero-order chi connectivity index (χ0) is 12.7. The maximum Gasteiger partial charge on any atom is 0.240 e. The molecule has 1 aromatic rings. The highest BCUT2D eigenvalue weighted by atomic mass is 32.1. The lowest BCUT2D eigenvalue weighted by Gasteiger charge is -2.19. The van der Waals surface area contributed by atoms with Gasteiger partial charge in [-0.2, -0.15) is 0 Å². The predicted octanol–water partition coefficient (Wildman–Crippen LogP) is 1.91. The van der Waals surface area contributed by atoms with E-state index in [2.05, 4.69) is 34.3 Å². The average molecular weight is 256 g/mol. The molecular formula is C11H20N4OS. The lowest BCUT2D eigenvalue weighted by atomic mass is 10.3. The molecule has 1 heterocycles. The minimum atomic E-state index is -0.0111. The van der Waals surface area contributed by atoms with E-state index in [0.29, 0.717) is 11.7 Å². The third kappa shape index (κ3) is 5.23. The molecule has 96 valence electrons. The second-order valence-electron chi connectivity index (χ2n) is 3.95. The van der Waals surface area contributed by atoms with E-state index < -0.39 is 0 Å². The molecule has 0 atom stereocenters. The summed E-state index contributed by atoms with van der Waals surface area (Å²) >= 11 is 1.40. The van der Waals surface area contributed by atoms with Gasteiger partial charge in [-0.05, 0) is 32.9 Å². The Morgan fingerprint density at radius 3 is 2.41 bits per heavy atom. The van der Waals surface area contributed by atoms with Crippen LogP contribution in [0.5, 0.6) is 0 Å². The summed E-state index contributed by atoms with van der Waals surface area (Å²) in [6, 6.07) is 0. The fourth-order valence-electron chi connectivity index (χ4n) is 1.61. The minimum absolute atomic E-state index is 0.0111. The molecule has 0 fully saturated rings. The smallest absolute Gasteiger partial charge is 0.240 e. The molecule has 0 aromatic carbocycles. The van der Waals surface area contributed by atoms with Crippen molar-refractivity contribution in [2.75, 3.05) is 25.0 Å². The number of aromatic nitrogens is 2. The molecule has 0 aliphatic rings. The monoisotopic (exact) mass is 256 g/mol. The molecule has 0 aliphatic heterocycles. The maximum absolute atomic E-state index is 11.8. The van der Waals surface area contributed by atoms with Gasteiger partial charge in [0.15, 0.2) is 0 Å². The first-order chi connectivity index (χ1) is 8.15. The van der Waals surface area contributed by atoms with E-state index in [0.717, 1.165) is 30.9 Å². The third-order valence-electron chi connectivity index (χ3n) is 2.22. The molecule has 0 unspecified atom stereocenters.